The predicted octanol–water partition coefficient (Wildman–Crippen LogP) is 2.90. The van der Waals surface area contributed by atoms with E-state index in [2.05, 4.69) is 0 Å². The third-order valence-corrected chi connectivity index (χ3v) is 5.64. The van der Waals surface area contributed by atoms with Crippen LogP contribution in [-0.4, -0.2) is 56.1 Å². The van der Waals surface area contributed by atoms with Gasteiger partial charge in [-0.1, -0.05) is 19.9 Å². The molecule has 0 amide bonds. The smallest absolute Gasteiger partial charge is 0.493 e. The summed E-state index contributed by atoms with van der Waals surface area (Å²) in [5.74, 6) is -1.24. The summed E-state index contributed by atoms with van der Waals surface area (Å²) < 4.78 is 73.6. The van der Waals surface area contributed by atoms with Gasteiger partial charge in [-0.3, -0.25) is 4.79 Å². The topological polar surface area (TPSA) is 93.1 Å². The Balaban J connectivity index is 3.25. The number of carboxylic acid groups (broad SMARTS) is 1. The molecule has 0 spiro atoms. The van der Waals surface area contributed by atoms with Crippen molar-refractivity contribution in [3.05, 3.63) is 23.8 Å². The first-order chi connectivity index (χ1) is 12.8. The lowest BCUT2D eigenvalue weighted by atomic mass is 10.0. The molecule has 0 aromatic heterocycles. The molecule has 7 nitrogen and oxygen atoms in total. The SMILES string of the molecule is COc1ccc(CCN([C@@H](CC(C)C)C(=O)O)S(=O)(=O)C(F)(F)F)cc1OC. The molecule has 0 unspecified atom stereocenters. The van der Waals surface area contributed by atoms with E-state index in [9.17, 15) is 31.5 Å². The molecular weight excluding hydrogens is 403 g/mol. The number of carbonyl (C=O) groups is 1. The van der Waals surface area contributed by atoms with Crippen molar-refractivity contribution in [1.82, 2.24) is 4.31 Å². The van der Waals surface area contributed by atoms with Crippen molar-refractivity contribution >= 4 is 16.0 Å². The number of ether oxygens (including phenoxy) is 2. The first-order valence-corrected chi connectivity index (χ1v) is 9.81. The van der Waals surface area contributed by atoms with Crippen molar-refractivity contribution in [3.8, 4) is 11.5 Å². The number of alkyl halides is 3. The highest BCUT2D eigenvalue weighted by Crippen LogP contribution is 2.31. The Labute approximate surface area is 162 Å². The lowest BCUT2D eigenvalue weighted by molar-refractivity contribution is -0.142. The Morgan fingerprint density at radius 1 is 1.18 bits per heavy atom. The van der Waals surface area contributed by atoms with E-state index in [1.165, 1.54) is 32.4 Å². The van der Waals surface area contributed by atoms with E-state index in [1.54, 1.807) is 13.8 Å². The Bertz CT molecular complexity index is 780. The van der Waals surface area contributed by atoms with Gasteiger partial charge < -0.3 is 14.6 Å². The maximum atomic E-state index is 13.1. The van der Waals surface area contributed by atoms with Crippen molar-refractivity contribution in [2.24, 2.45) is 5.92 Å². The lowest BCUT2D eigenvalue weighted by Crippen LogP contribution is -2.51. The van der Waals surface area contributed by atoms with Crippen LogP contribution in [0.25, 0.3) is 0 Å². The minimum Gasteiger partial charge on any atom is -0.493 e. The van der Waals surface area contributed by atoms with Crippen molar-refractivity contribution in [1.29, 1.82) is 0 Å². The molecule has 0 saturated heterocycles. The van der Waals surface area contributed by atoms with Crippen LogP contribution in [0.5, 0.6) is 11.5 Å². The summed E-state index contributed by atoms with van der Waals surface area (Å²) in [6.45, 7) is 2.55. The molecule has 0 aliphatic rings. The van der Waals surface area contributed by atoms with Crippen LogP contribution >= 0.6 is 0 Å². The first-order valence-electron chi connectivity index (χ1n) is 8.37. The van der Waals surface area contributed by atoms with Crippen molar-refractivity contribution in [2.45, 2.75) is 38.2 Å². The van der Waals surface area contributed by atoms with Crippen molar-refractivity contribution in [3.63, 3.8) is 0 Å². The zero-order valence-electron chi connectivity index (χ0n) is 16.0. The highest BCUT2D eigenvalue weighted by atomic mass is 32.2. The fraction of sp³-hybridized carbons (Fsp3) is 0.588. The number of halogens is 3. The molecule has 0 aliphatic carbocycles. The van der Waals surface area contributed by atoms with Gasteiger partial charge in [0.1, 0.15) is 6.04 Å². The molecule has 160 valence electrons. The Morgan fingerprint density at radius 3 is 2.18 bits per heavy atom. The summed E-state index contributed by atoms with van der Waals surface area (Å²) in [4.78, 5) is 11.5. The van der Waals surface area contributed by atoms with Gasteiger partial charge in [0, 0.05) is 6.54 Å². The maximum Gasteiger partial charge on any atom is 0.511 e. The summed E-state index contributed by atoms with van der Waals surface area (Å²) in [5, 5.41) is 9.36. The van der Waals surface area contributed by atoms with Gasteiger partial charge in [0.05, 0.1) is 14.2 Å². The fourth-order valence-electron chi connectivity index (χ4n) is 2.64. The number of nitrogens with zero attached hydrogens (tertiary/aromatic N) is 1. The maximum absolute atomic E-state index is 13.1. The van der Waals surface area contributed by atoms with Crippen LogP contribution in [0.4, 0.5) is 13.2 Å². The van der Waals surface area contributed by atoms with Gasteiger partial charge in [-0.25, -0.2) is 8.42 Å². The first kappa shape index (κ1) is 24.0. The van der Waals surface area contributed by atoms with Crippen LogP contribution in [0.3, 0.4) is 0 Å². The molecule has 0 fully saturated rings. The van der Waals surface area contributed by atoms with Gasteiger partial charge in [0.25, 0.3) is 0 Å². The third-order valence-electron chi connectivity index (χ3n) is 4.00. The average molecular weight is 427 g/mol. The number of benzene rings is 1. The molecule has 1 N–H and O–H groups in total. The predicted molar refractivity (Wildman–Crippen MR) is 95.8 cm³/mol. The Kier molecular flexibility index (Phi) is 8.12. The quantitative estimate of drug-likeness (QED) is 0.617. The number of hydrogen-bond donors (Lipinski definition) is 1. The van der Waals surface area contributed by atoms with E-state index >= 15 is 0 Å². The number of sulfonamides is 1. The molecule has 0 bridgehead atoms. The number of methoxy groups -OCH3 is 2. The average Bonchev–Trinajstić information content (AvgIpc) is 2.59. The normalized spacial score (nSPS) is 13.6. The van der Waals surface area contributed by atoms with E-state index in [1.807, 2.05) is 0 Å². The number of carboxylic acids is 1. The molecule has 28 heavy (non-hydrogen) atoms. The third kappa shape index (κ3) is 5.74. The van der Waals surface area contributed by atoms with Gasteiger partial charge in [-0.05, 0) is 36.5 Å². The van der Waals surface area contributed by atoms with Gasteiger partial charge in [-0.15, -0.1) is 0 Å². The molecule has 0 radical (unpaired) electrons. The van der Waals surface area contributed by atoms with E-state index in [0.717, 1.165) is 0 Å². The van der Waals surface area contributed by atoms with E-state index < -0.39 is 34.1 Å². The van der Waals surface area contributed by atoms with Crippen molar-refractivity contribution in [2.75, 3.05) is 20.8 Å². The molecule has 11 heteroatoms. The van der Waals surface area contributed by atoms with E-state index in [-0.39, 0.29) is 23.1 Å². The van der Waals surface area contributed by atoms with Crippen LogP contribution in [0, 0.1) is 5.92 Å². The minimum atomic E-state index is -5.83. The van der Waals surface area contributed by atoms with Gasteiger partial charge >= 0.3 is 21.5 Å². The van der Waals surface area contributed by atoms with Crippen LogP contribution < -0.4 is 9.47 Å². The summed E-state index contributed by atoms with van der Waals surface area (Å²) in [5.41, 5.74) is -5.14. The molecule has 1 aromatic carbocycles. The number of hydrogen-bond acceptors (Lipinski definition) is 5. The van der Waals surface area contributed by atoms with Crippen LogP contribution in [0.2, 0.25) is 0 Å². The second kappa shape index (κ2) is 9.46. The standard InChI is InChI=1S/C17H24F3NO6S/c1-11(2)9-13(16(22)23)21(28(24,25)17(18,19)20)8-7-12-5-6-14(26-3)15(10-12)27-4/h5-6,10-11,13H,7-9H2,1-4H3,(H,22,23)/t13-/m0/s1. The van der Waals surface area contributed by atoms with Gasteiger partial charge in [0.2, 0.25) is 0 Å². The van der Waals surface area contributed by atoms with Crippen LogP contribution in [0.1, 0.15) is 25.8 Å². The van der Waals surface area contributed by atoms with Crippen molar-refractivity contribution < 1.29 is 41.0 Å². The van der Waals surface area contributed by atoms with Gasteiger partial charge in [-0.2, -0.15) is 17.5 Å². The molecule has 1 aromatic rings. The zero-order valence-corrected chi connectivity index (χ0v) is 16.8. The van der Waals surface area contributed by atoms with E-state index in [0.29, 0.717) is 17.1 Å². The molecule has 0 aliphatic heterocycles. The Morgan fingerprint density at radius 2 is 1.75 bits per heavy atom. The summed E-state index contributed by atoms with van der Waals surface area (Å²) in [6, 6.07) is 2.74. The zero-order chi connectivity index (χ0) is 21.7. The van der Waals surface area contributed by atoms with E-state index in [4.69, 9.17) is 9.47 Å². The molecular formula is C17H24F3NO6S. The van der Waals surface area contributed by atoms with Crippen LogP contribution in [-0.2, 0) is 21.2 Å². The highest BCUT2D eigenvalue weighted by Gasteiger charge is 2.53. The molecule has 0 heterocycles. The Hall–Kier alpha value is -2.01. The minimum absolute atomic E-state index is 0.0199. The van der Waals surface area contributed by atoms with Gasteiger partial charge in [0.15, 0.2) is 11.5 Å². The second-order valence-corrected chi connectivity index (χ2v) is 8.37. The fourth-order valence-corrected chi connectivity index (χ4v) is 3.75. The number of rotatable bonds is 10. The molecule has 0 saturated carbocycles. The second-order valence-electron chi connectivity index (χ2n) is 6.48. The lowest BCUT2D eigenvalue weighted by Gasteiger charge is -2.29. The monoisotopic (exact) mass is 427 g/mol. The highest BCUT2D eigenvalue weighted by molar-refractivity contribution is 7.90. The van der Waals surface area contributed by atoms with Crippen LogP contribution in [0.15, 0.2) is 18.2 Å². The summed E-state index contributed by atoms with van der Waals surface area (Å²) in [7, 11) is -3.04. The molecule has 1 atom stereocenters. The largest absolute Gasteiger partial charge is 0.511 e. The summed E-state index contributed by atoms with van der Waals surface area (Å²) >= 11 is 0. The molecule has 1 rings (SSSR count). The number of aliphatic carboxylic acids is 1. The summed E-state index contributed by atoms with van der Waals surface area (Å²) in [6.07, 6.45) is -0.395.